The van der Waals surface area contributed by atoms with Crippen LogP contribution < -0.4 is 29.6 Å². The van der Waals surface area contributed by atoms with Gasteiger partial charge in [-0.1, -0.05) is 26.0 Å². The molecule has 2 N–H and O–H groups in total. The van der Waals surface area contributed by atoms with Gasteiger partial charge in [0.2, 0.25) is 0 Å². The molecule has 2 aromatic carbocycles. The van der Waals surface area contributed by atoms with Crippen LogP contribution in [0.25, 0.3) is 0 Å². The third kappa shape index (κ3) is 6.32. The lowest BCUT2D eigenvalue weighted by Crippen LogP contribution is -2.43. The normalized spacial score (nSPS) is 13.1. The number of nitrogens with one attached hydrogen (secondary N) is 2. The summed E-state index contributed by atoms with van der Waals surface area (Å²) in [5, 5.41) is 6.77. The van der Waals surface area contributed by atoms with Crippen molar-refractivity contribution in [3.05, 3.63) is 47.5 Å². The summed E-state index contributed by atoms with van der Waals surface area (Å²) in [6.07, 6.45) is 0. The van der Waals surface area contributed by atoms with Gasteiger partial charge in [0.15, 0.2) is 29.0 Å². The van der Waals surface area contributed by atoms with Crippen LogP contribution >= 0.6 is 24.0 Å². The van der Waals surface area contributed by atoms with Crippen LogP contribution in [-0.4, -0.2) is 47.0 Å². The number of guanidine groups is 1. The minimum absolute atomic E-state index is 0. The smallest absolute Gasteiger partial charge is 0.191 e. The van der Waals surface area contributed by atoms with E-state index >= 15 is 0 Å². The highest BCUT2D eigenvalue weighted by molar-refractivity contribution is 14.0. The first-order chi connectivity index (χ1) is 14.5. The second kappa shape index (κ2) is 11.3. The van der Waals surface area contributed by atoms with E-state index in [1.165, 1.54) is 5.56 Å². The molecule has 0 bridgehead atoms. The van der Waals surface area contributed by atoms with Gasteiger partial charge in [0.25, 0.3) is 0 Å². The third-order valence-corrected chi connectivity index (χ3v) is 5.15. The van der Waals surface area contributed by atoms with Crippen molar-refractivity contribution in [2.75, 3.05) is 41.0 Å². The second-order valence-corrected chi connectivity index (χ2v) is 7.71. The maximum Gasteiger partial charge on any atom is 0.191 e. The largest absolute Gasteiger partial charge is 0.493 e. The summed E-state index contributed by atoms with van der Waals surface area (Å²) in [4.78, 5) is 4.34. The van der Waals surface area contributed by atoms with Crippen LogP contribution in [0.3, 0.4) is 0 Å². The standard InChI is InChI=1S/C23H31N3O4.HI/c1-23(2,17-7-9-19-21(13-17)30-11-10-29-19)15-26-22(24-3)25-14-16-6-8-18(27-4)20(12-16)28-5;/h6-9,12-13H,10-11,14-15H2,1-5H3,(H2,24,25,26);1H. The van der Waals surface area contributed by atoms with Crippen LogP contribution in [0.2, 0.25) is 0 Å². The molecule has 0 saturated heterocycles. The molecule has 31 heavy (non-hydrogen) atoms. The molecular formula is C23H32IN3O4. The predicted molar refractivity (Wildman–Crippen MR) is 134 cm³/mol. The van der Waals surface area contributed by atoms with E-state index < -0.39 is 0 Å². The molecule has 1 heterocycles. The number of benzene rings is 2. The fourth-order valence-corrected chi connectivity index (χ4v) is 3.27. The minimum Gasteiger partial charge on any atom is -0.493 e. The summed E-state index contributed by atoms with van der Waals surface area (Å²) < 4.78 is 22.0. The van der Waals surface area contributed by atoms with Gasteiger partial charge in [-0.3, -0.25) is 4.99 Å². The summed E-state index contributed by atoms with van der Waals surface area (Å²) in [5.74, 6) is 3.77. The first-order valence-electron chi connectivity index (χ1n) is 10.0. The first-order valence-corrected chi connectivity index (χ1v) is 10.0. The van der Waals surface area contributed by atoms with Crippen molar-refractivity contribution in [2.24, 2.45) is 4.99 Å². The van der Waals surface area contributed by atoms with Crippen LogP contribution in [0.1, 0.15) is 25.0 Å². The second-order valence-electron chi connectivity index (χ2n) is 7.71. The maximum atomic E-state index is 5.73. The summed E-state index contributed by atoms with van der Waals surface area (Å²) in [5.41, 5.74) is 2.12. The van der Waals surface area contributed by atoms with Crippen molar-refractivity contribution in [2.45, 2.75) is 25.8 Å². The van der Waals surface area contributed by atoms with E-state index in [4.69, 9.17) is 18.9 Å². The summed E-state index contributed by atoms with van der Waals surface area (Å²) in [6.45, 7) is 6.88. The Bertz CT molecular complexity index is 902. The van der Waals surface area contributed by atoms with E-state index in [9.17, 15) is 0 Å². The minimum atomic E-state index is -0.128. The lowest BCUT2D eigenvalue weighted by Gasteiger charge is -2.28. The Hall–Kier alpha value is -2.36. The molecule has 0 fully saturated rings. The number of nitrogens with zero attached hydrogens (tertiary/aromatic N) is 1. The van der Waals surface area contributed by atoms with Gasteiger partial charge in [-0.25, -0.2) is 0 Å². The Morgan fingerprint density at radius 1 is 0.968 bits per heavy atom. The number of hydrogen-bond donors (Lipinski definition) is 2. The van der Waals surface area contributed by atoms with Crippen molar-refractivity contribution < 1.29 is 18.9 Å². The molecule has 1 aliphatic rings. The van der Waals surface area contributed by atoms with Crippen molar-refractivity contribution >= 4 is 29.9 Å². The summed E-state index contributed by atoms with van der Waals surface area (Å²) >= 11 is 0. The Labute approximate surface area is 201 Å². The fourth-order valence-electron chi connectivity index (χ4n) is 3.27. The van der Waals surface area contributed by atoms with Gasteiger partial charge in [-0.2, -0.15) is 0 Å². The Morgan fingerprint density at radius 2 is 1.68 bits per heavy atom. The molecule has 0 aliphatic carbocycles. The van der Waals surface area contributed by atoms with E-state index in [1.54, 1.807) is 21.3 Å². The van der Waals surface area contributed by atoms with Gasteiger partial charge in [0.1, 0.15) is 13.2 Å². The number of halogens is 1. The fraction of sp³-hybridized carbons (Fsp3) is 0.435. The Kier molecular flexibility index (Phi) is 9.09. The van der Waals surface area contributed by atoms with Crippen molar-refractivity contribution in [1.82, 2.24) is 10.6 Å². The van der Waals surface area contributed by atoms with Crippen LogP contribution in [0.5, 0.6) is 23.0 Å². The van der Waals surface area contributed by atoms with Gasteiger partial charge in [-0.15, -0.1) is 24.0 Å². The lowest BCUT2D eigenvalue weighted by molar-refractivity contribution is 0.171. The molecule has 7 nitrogen and oxygen atoms in total. The molecule has 0 saturated carbocycles. The van der Waals surface area contributed by atoms with Gasteiger partial charge in [0, 0.05) is 25.6 Å². The third-order valence-electron chi connectivity index (χ3n) is 5.15. The molecule has 0 amide bonds. The van der Waals surface area contributed by atoms with Crippen molar-refractivity contribution in [3.63, 3.8) is 0 Å². The predicted octanol–water partition coefficient (Wildman–Crippen LogP) is 3.74. The zero-order chi connectivity index (χ0) is 21.6. The number of ether oxygens (including phenoxy) is 4. The average Bonchev–Trinajstić information content (AvgIpc) is 2.78. The Balaban J connectivity index is 0.00000341. The maximum absolute atomic E-state index is 5.73. The molecule has 8 heteroatoms. The molecule has 170 valence electrons. The zero-order valence-electron chi connectivity index (χ0n) is 18.8. The van der Waals surface area contributed by atoms with Gasteiger partial charge in [0.05, 0.1) is 14.2 Å². The van der Waals surface area contributed by atoms with Crippen LogP contribution in [-0.2, 0) is 12.0 Å². The number of methoxy groups -OCH3 is 2. The molecule has 0 aromatic heterocycles. The first kappa shape index (κ1) is 24.9. The van der Waals surface area contributed by atoms with Crippen LogP contribution in [0.4, 0.5) is 0 Å². The Morgan fingerprint density at radius 3 is 2.35 bits per heavy atom. The van der Waals surface area contributed by atoms with Crippen LogP contribution in [0, 0.1) is 0 Å². The average molecular weight is 541 g/mol. The van der Waals surface area contributed by atoms with Crippen molar-refractivity contribution in [3.8, 4) is 23.0 Å². The van der Waals surface area contributed by atoms with E-state index in [0.717, 1.165) is 23.0 Å². The van der Waals surface area contributed by atoms with E-state index in [1.807, 2.05) is 24.3 Å². The molecule has 3 rings (SSSR count). The molecular weight excluding hydrogens is 509 g/mol. The number of rotatable bonds is 7. The molecule has 2 aromatic rings. The molecule has 0 radical (unpaired) electrons. The number of hydrogen-bond acceptors (Lipinski definition) is 5. The molecule has 1 aliphatic heterocycles. The number of fused-ring (bicyclic) bond motifs is 1. The summed E-state index contributed by atoms with van der Waals surface area (Å²) in [6, 6.07) is 12.0. The number of aliphatic imine (C=N–C) groups is 1. The van der Waals surface area contributed by atoms with E-state index in [0.29, 0.717) is 37.8 Å². The molecule has 0 spiro atoms. The highest BCUT2D eigenvalue weighted by Crippen LogP contribution is 2.35. The SMILES string of the molecule is CN=C(NCc1ccc(OC)c(OC)c1)NCC(C)(C)c1ccc2c(c1)OCCO2.I. The quantitative estimate of drug-likeness (QED) is 0.316. The molecule has 0 atom stereocenters. The van der Waals surface area contributed by atoms with E-state index in [2.05, 4.69) is 41.6 Å². The summed E-state index contributed by atoms with van der Waals surface area (Å²) in [7, 11) is 5.03. The van der Waals surface area contributed by atoms with Gasteiger partial charge >= 0.3 is 0 Å². The van der Waals surface area contributed by atoms with Crippen LogP contribution in [0.15, 0.2) is 41.4 Å². The van der Waals surface area contributed by atoms with Gasteiger partial charge in [-0.05, 0) is 35.4 Å². The lowest BCUT2D eigenvalue weighted by atomic mass is 9.84. The highest BCUT2D eigenvalue weighted by atomic mass is 127. The topological polar surface area (TPSA) is 73.3 Å². The zero-order valence-corrected chi connectivity index (χ0v) is 21.1. The van der Waals surface area contributed by atoms with Gasteiger partial charge < -0.3 is 29.6 Å². The van der Waals surface area contributed by atoms with Crippen molar-refractivity contribution in [1.29, 1.82) is 0 Å². The van der Waals surface area contributed by atoms with E-state index in [-0.39, 0.29) is 29.4 Å². The monoisotopic (exact) mass is 541 g/mol. The highest BCUT2D eigenvalue weighted by Gasteiger charge is 2.24. The molecule has 0 unspecified atom stereocenters.